The Morgan fingerprint density at radius 2 is 2.05 bits per heavy atom. The summed E-state index contributed by atoms with van der Waals surface area (Å²) in [5.74, 6) is -2.12. The maximum atomic E-state index is 13.8. The Kier molecular flexibility index (Phi) is 4.86. The van der Waals surface area contributed by atoms with Crippen LogP contribution in [0.1, 0.15) is 29.4 Å². The van der Waals surface area contributed by atoms with Crippen LogP contribution in [-0.2, 0) is 6.54 Å². The Morgan fingerprint density at radius 1 is 1.33 bits per heavy atom. The van der Waals surface area contributed by atoms with Crippen LogP contribution >= 0.6 is 0 Å². The van der Waals surface area contributed by atoms with E-state index in [1.165, 1.54) is 6.33 Å². The SMILES string of the molecule is CCCNc1c(F)cc(C(=O)NCc2cnc[nH]2)cc1F. The van der Waals surface area contributed by atoms with Crippen LogP contribution in [0.3, 0.4) is 0 Å². The molecule has 7 heteroatoms. The maximum Gasteiger partial charge on any atom is 0.251 e. The molecular formula is C14H16F2N4O. The van der Waals surface area contributed by atoms with E-state index in [9.17, 15) is 13.6 Å². The number of aromatic nitrogens is 2. The smallest absolute Gasteiger partial charge is 0.251 e. The summed E-state index contributed by atoms with van der Waals surface area (Å²) in [5.41, 5.74) is 0.430. The number of imidazole rings is 1. The standard InChI is InChI=1S/C14H16F2N4O/c1-2-3-18-13-11(15)4-9(5-12(13)16)14(21)19-7-10-6-17-8-20-10/h4-6,8,18H,2-3,7H2,1H3,(H,17,20)(H,19,21). The molecule has 0 saturated carbocycles. The van der Waals surface area contributed by atoms with Gasteiger partial charge in [-0.25, -0.2) is 13.8 Å². The highest BCUT2D eigenvalue weighted by molar-refractivity contribution is 5.94. The lowest BCUT2D eigenvalue weighted by molar-refractivity contribution is 0.0949. The highest BCUT2D eigenvalue weighted by atomic mass is 19.1. The Hall–Kier alpha value is -2.44. The van der Waals surface area contributed by atoms with Gasteiger partial charge >= 0.3 is 0 Å². The van der Waals surface area contributed by atoms with Crippen molar-refractivity contribution in [2.24, 2.45) is 0 Å². The Morgan fingerprint density at radius 3 is 2.62 bits per heavy atom. The molecule has 2 rings (SSSR count). The number of nitrogens with one attached hydrogen (secondary N) is 3. The van der Waals surface area contributed by atoms with Crippen LogP contribution in [0.5, 0.6) is 0 Å². The lowest BCUT2D eigenvalue weighted by Gasteiger charge is -2.10. The van der Waals surface area contributed by atoms with Gasteiger partial charge in [0.2, 0.25) is 0 Å². The summed E-state index contributed by atoms with van der Waals surface area (Å²) >= 11 is 0. The van der Waals surface area contributed by atoms with Gasteiger partial charge in [0.1, 0.15) is 17.3 Å². The van der Waals surface area contributed by atoms with Crippen LogP contribution in [0.15, 0.2) is 24.7 Å². The molecule has 0 aliphatic carbocycles. The van der Waals surface area contributed by atoms with Crippen LogP contribution in [0.4, 0.5) is 14.5 Å². The number of halogens is 2. The molecule has 0 aliphatic rings. The molecule has 2 aromatic rings. The molecule has 0 radical (unpaired) electrons. The second-order valence-corrected chi connectivity index (χ2v) is 4.50. The first-order valence-corrected chi connectivity index (χ1v) is 6.60. The predicted octanol–water partition coefficient (Wildman–Crippen LogP) is 2.44. The predicted molar refractivity (Wildman–Crippen MR) is 74.9 cm³/mol. The lowest BCUT2D eigenvalue weighted by atomic mass is 10.1. The topological polar surface area (TPSA) is 69.8 Å². The maximum absolute atomic E-state index is 13.8. The van der Waals surface area contributed by atoms with Crippen LogP contribution in [-0.4, -0.2) is 22.4 Å². The van der Waals surface area contributed by atoms with E-state index in [1.807, 2.05) is 6.92 Å². The first-order chi connectivity index (χ1) is 10.1. The number of carbonyl (C=O) groups is 1. The average molecular weight is 294 g/mol. The van der Waals surface area contributed by atoms with Crippen molar-refractivity contribution in [2.75, 3.05) is 11.9 Å². The molecule has 0 bridgehead atoms. The van der Waals surface area contributed by atoms with Crippen molar-refractivity contribution in [1.29, 1.82) is 0 Å². The van der Waals surface area contributed by atoms with Crippen molar-refractivity contribution in [1.82, 2.24) is 15.3 Å². The van der Waals surface area contributed by atoms with Crippen LogP contribution in [0.2, 0.25) is 0 Å². The Balaban J connectivity index is 2.07. The molecule has 5 nitrogen and oxygen atoms in total. The van der Waals surface area contributed by atoms with Gasteiger partial charge in [0.05, 0.1) is 18.6 Å². The van der Waals surface area contributed by atoms with Gasteiger partial charge in [-0.05, 0) is 18.6 Å². The van der Waals surface area contributed by atoms with Gasteiger partial charge in [0.25, 0.3) is 5.91 Å². The molecule has 1 heterocycles. The number of H-pyrrole nitrogens is 1. The van der Waals surface area contributed by atoms with Crippen molar-refractivity contribution in [3.63, 3.8) is 0 Å². The lowest BCUT2D eigenvalue weighted by Crippen LogP contribution is -2.23. The van der Waals surface area contributed by atoms with Crippen molar-refractivity contribution < 1.29 is 13.6 Å². The fourth-order valence-corrected chi connectivity index (χ4v) is 1.78. The van der Waals surface area contributed by atoms with Gasteiger partial charge in [-0.1, -0.05) is 6.92 Å². The number of hydrogen-bond donors (Lipinski definition) is 3. The summed E-state index contributed by atoms with van der Waals surface area (Å²) in [6, 6.07) is 2.03. The van der Waals surface area contributed by atoms with Gasteiger partial charge in [-0.2, -0.15) is 0 Å². The largest absolute Gasteiger partial charge is 0.380 e. The van der Waals surface area contributed by atoms with Crippen molar-refractivity contribution in [2.45, 2.75) is 19.9 Å². The average Bonchev–Trinajstić information content (AvgIpc) is 2.97. The van der Waals surface area contributed by atoms with E-state index < -0.39 is 17.5 Å². The molecule has 0 fully saturated rings. The number of anilines is 1. The Bertz CT molecular complexity index is 590. The zero-order valence-electron chi connectivity index (χ0n) is 11.5. The summed E-state index contributed by atoms with van der Waals surface area (Å²) in [6.07, 6.45) is 3.78. The first-order valence-electron chi connectivity index (χ1n) is 6.60. The molecule has 1 aromatic heterocycles. The minimum absolute atomic E-state index is 0.0634. The monoisotopic (exact) mass is 294 g/mol. The highest BCUT2D eigenvalue weighted by Gasteiger charge is 2.14. The number of amides is 1. The number of nitrogens with zero attached hydrogens (tertiary/aromatic N) is 1. The number of rotatable bonds is 6. The van der Waals surface area contributed by atoms with Crippen LogP contribution in [0.25, 0.3) is 0 Å². The molecule has 0 spiro atoms. The highest BCUT2D eigenvalue weighted by Crippen LogP contribution is 2.20. The van der Waals surface area contributed by atoms with Gasteiger partial charge in [-0.3, -0.25) is 4.79 Å². The third-order valence-corrected chi connectivity index (χ3v) is 2.85. The third-order valence-electron chi connectivity index (χ3n) is 2.85. The second-order valence-electron chi connectivity index (χ2n) is 4.50. The summed E-state index contributed by atoms with van der Waals surface area (Å²) in [5, 5.41) is 5.21. The van der Waals surface area contributed by atoms with E-state index in [-0.39, 0.29) is 17.8 Å². The molecule has 0 saturated heterocycles. The molecule has 0 atom stereocenters. The summed E-state index contributed by atoms with van der Waals surface area (Å²) in [6.45, 7) is 2.55. The van der Waals surface area contributed by atoms with E-state index in [0.717, 1.165) is 18.6 Å². The molecule has 1 aromatic carbocycles. The zero-order valence-corrected chi connectivity index (χ0v) is 11.5. The van der Waals surface area contributed by atoms with Crippen LogP contribution in [0, 0.1) is 11.6 Å². The van der Waals surface area contributed by atoms with E-state index in [0.29, 0.717) is 12.2 Å². The minimum atomic E-state index is -0.782. The summed E-state index contributed by atoms with van der Waals surface area (Å²) < 4.78 is 27.6. The van der Waals surface area contributed by atoms with E-state index in [1.54, 1.807) is 6.20 Å². The van der Waals surface area contributed by atoms with Crippen molar-refractivity contribution in [3.05, 3.63) is 47.5 Å². The van der Waals surface area contributed by atoms with Gasteiger partial charge < -0.3 is 15.6 Å². The van der Waals surface area contributed by atoms with Gasteiger partial charge in [-0.15, -0.1) is 0 Å². The number of aromatic amines is 1. The van der Waals surface area contributed by atoms with Gasteiger partial charge in [0, 0.05) is 18.3 Å². The summed E-state index contributed by atoms with van der Waals surface area (Å²) in [7, 11) is 0. The van der Waals surface area contributed by atoms with Crippen LogP contribution < -0.4 is 10.6 Å². The van der Waals surface area contributed by atoms with E-state index in [4.69, 9.17) is 0 Å². The minimum Gasteiger partial charge on any atom is -0.380 e. The number of hydrogen-bond acceptors (Lipinski definition) is 3. The fraction of sp³-hybridized carbons (Fsp3) is 0.286. The molecule has 3 N–H and O–H groups in total. The van der Waals surface area contributed by atoms with E-state index >= 15 is 0 Å². The molecule has 0 aliphatic heterocycles. The zero-order chi connectivity index (χ0) is 15.2. The molecule has 0 unspecified atom stereocenters. The fourth-order valence-electron chi connectivity index (χ4n) is 1.78. The van der Waals surface area contributed by atoms with E-state index in [2.05, 4.69) is 20.6 Å². The second kappa shape index (κ2) is 6.83. The molecule has 112 valence electrons. The molecular weight excluding hydrogens is 278 g/mol. The molecule has 21 heavy (non-hydrogen) atoms. The first kappa shape index (κ1) is 15.0. The van der Waals surface area contributed by atoms with Crippen molar-refractivity contribution >= 4 is 11.6 Å². The van der Waals surface area contributed by atoms with Crippen molar-refractivity contribution in [3.8, 4) is 0 Å². The third kappa shape index (κ3) is 3.77. The molecule has 1 amide bonds. The van der Waals surface area contributed by atoms with Gasteiger partial charge in [0.15, 0.2) is 0 Å². The summed E-state index contributed by atoms with van der Waals surface area (Å²) in [4.78, 5) is 18.5. The number of carbonyl (C=O) groups excluding carboxylic acids is 1. The number of benzene rings is 1. The Labute approximate surface area is 120 Å². The normalized spacial score (nSPS) is 10.4. The quantitative estimate of drug-likeness (QED) is 0.766.